The first-order chi connectivity index (χ1) is 7.60. The van der Waals surface area contributed by atoms with E-state index >= 15 is 0 Å². The molecule has 84 valence electrons. The second-order valence-corrected chi connectivity index (χ2v) is 4.47. The Morgan fingerprint density at radius 1 is 1.12 bits per heavy atom. The van der Waals surface area contributed by atoms with E-state index < -0.39 is 21.9 Å². The van der Waals surface area contributed by atoms with Gasteiger partial charge in [0.25, 0.3) is 0 Å². The van der Waals surface area contributed by atoms with E-state index in [-0.39, 0.29) is 27.3 Å². The monoisotopic (exact) mass is 263 g/mol. The molecular weight excluding hydrogens is 260 g/mol. The lowest BCUT2D eigenvalue weighted by Crippen LogP contribution is -2.24. The van der Waals surface area contributed by atoms with Crippen molar-refractivity contribution in [2.75, 3.05) is 0 Å². The molecule has 1 aromatic carbocycles. The smallest absolute Gasteiger partial charge is 0.184 e. The van der Waals surface area contributed by atoms with Crippen molar-refractivity contribution >= 4 is 45.8 Å². The zero-order valence-corrected chi connectivity index (χ0v) is 9.11. The predicted molar refractivity (Wildman–Crippen MR) is 58.4 cm³/mol. The van der Waals surface area contributed by atoms with Crippen LogP contribution in [-0.4, -0.2) is 15.2 Å². The second-order valence-electron chi connectivity index (χ2n) is 2.89. The number of halogens is 3. The third-order valence-electron chi connectivity index (χ3n) is 2.06. The summed E-state index contributed by atoms with van der Waals surface area (Å²) in [4.78, 5) is 3.71. The lowest BCUT2D eigenvalue weighted by atomic mass is 10.2. The number of aromatic nitrogens is 1. The number of phenols is 2. The molecule has 1 aromatic heterocycles. The van der Waals surface area contributed by atoms with Crippen LogP contribution >= 0.6 is 22.9 Å². The Labute approximate surface area is 96.5 Å². The van der Waals surface area contributed by atoms with E-state index in [1.165, 1.54) is 0 Å². The van der Waals surface area contributed by atoms with E-state index in [1.807, 2.05) is 0 Å². The van der Waals surface area contributed by atoms with E-state index in [9.17, 15) is 19.0 Å². The SMILES string of the molecule is Oc1c(=CF)c(=CF)c(O)c2sc(Cl)nc12. The number of thiazole rings is 1. The van der Waals surface area contributed by atoms with Crippen LogP contribution in [0.25, 0.3) is 22.9 Å². The van der Waals surface area contributed by atoms with Crippen LogP contribution in [0.15, 0.2) is 0 Å². The minimum Gasteiger partial charge on any atom is -0.506 e. The summed E-state index contributed by atoms with van der Waals surface area (Å²) in [5.41, 5.74) is -0.0537. The molecule has 0 saturated carbocycles. The van der Waals surface area contributed by atoms with Crippen molar-refractivity contribution in [3.63, 3.8) is 0 Å². The summed E-state index contributed by atoms with van der Waals surface area (Å²) in [5.74, 6) is -1.05. The van der Waals surface area contributed by atoms with Crippen molar-refractivity contribution in [2.24, 2.45) is 0 Å². The van der Waals surface area contributed by atoms with Gasteiger partial charge in [0, 0.05) is 0 Å². The Morgan fingerprint density at radius 2 is 1.69 bits per heavy atom. The van der Waals surface area contributed by atoms with Crippen LogP contribution in [-0.2, 0) is 0 Å². The van der Waals surface area contributed by atoms with Crippen molar-refractivity contribution in [2.45, 2.75) is 0 Å². The first-order valence-corrected chi connectivity index (χ1v) is 5.20. The first-order valence-electron chi connectivity index (χ1n) is 4.01. The molecule has 0 spiro atoms. The molecular formula is C9H4ClF2NO2S. The van der Waals surface area contributed by atoms with Gasteiger partial charge in [0.1, 0.15) is 16.0 Å². The van der Waals surface area contributed by atoms with Gasteiger partial charge in [0.05, 0.1) is 23.1 Å². The third kappa shape index (κ3) is 1.42. The first kappa shape index (κ1) is 11.1. The van der Waals surface area contributed by atoms with Crippen LogP contribution in [0.4, 0.5) is 8.78 Å². The lowest BCUT2D eigenvalue weighted by Gasteiger charge is -1.99. The topological polar surface area (TPSA) is 53.4 Å². The number of hydrogen-bond donors (Lipinski definition) is 2. The van der Waals surface area contributed by atoms with Crippen LogP contribution in [0.5, 0.6) is 11.5 Å². The zero-order chi connectivity index (χ0) is 11.9. The molecule has 0 unspecified atom stereocenters. The van der Waals surface area contributed by atoms with E-state index in [0.29, 0.717) is 0 Å². The molecule has 0 fully saturated rings. The molecule has 2 aromatic rings. The van der Waals surface area contributed by atoms with E-state index in [2.05, 4.69) is 4.98 Å². The number of rotatable bonds is 0. The van der Waals surface area contributed by atoms with E-state index in [1.54, 1.807) is 0 Å². The number of nitrogens with zero attached hydrogens (tertiary/aromatic N) is 1. The standard InChI is InChI=1S/C9H4ClF2NO2S/c10-9-13-5-6(14)3(1-11)4(2-12)7(15)8(5)16-9/h1-2,14-15H. The highest BCUT2D eigenvalue weighted by atomic mass is 35.5. The Hall–Kier alpha value is -1.40. The summed E-state index contributed by atoms with van der Waals surface area (Å²) >= 11 is 6.46. The van der Waals surface area contributed by atoms with Crippen molar-refractivity contribution < 1.29 is 19.0 Å². The third-order valence-corrected chi connectivity index (χ3v) is 3.23. The fourth-order valence-corrected chi connectivity index (χ4v) is 2.41. The zero-order valence-electron chi connectivity index (χ0n) is 7.54. The Bertz CT molecular complexity index is 626. The fraction of sp³-hybridized carbons (Fsp3) is 0. The van der Waals surface area contributed by atoms with Gasteiger partial charge >= 0.3 is 0 Å². The maximum absolute atomic E-state index is 12.5. The molecule has 0 aliphatic heterocycles. The highest BCUT2D eigenvalue weighted by Gasteiger charge is 2.15. The average Bonchev–Trinajstić information content (AvgIpc) is 2.65. The van der Waals surface area contributed by atoms with E-state index in [0.717, 1.165) is 11.3 Å². The number of hydrogen-bond acceptors (Lipinski definition) is 4. The minimum absolute atomic E-state index is 0.00679. The van der Waals surface area contributed by atoms with Crippen LogP contribution in [0, 0.1) is 0 Å². The van der Waals surface area contributed by atoms with Crippen LogP contribution in [0.1, 0.15) is 0 Å². The van der Waals surface area contributed by atoms with Gasteiger partial charge in [-0.2, -0.15) is 0 Å². The molecule has 16 heavy (non-hydrogen) atoms. The van der Waals surface area contributed by atoms with Crippen molar-refractivity contribution in [3.05, 3.63) is 14.9 Å². The van der Waals surface area contributed by atoms with Crippen LogP contribution < -0.4 is 10.4 Å². The van der Waals surface area contributed by atoms with Crippen LogP contribution in [0.3, 0.4) is 0 Å². The largest absolute Gasteiger partial charge is 0.506 e. The minimum atomic E-state index is -0.553. The number of aromatic hydroxyl groups is 2. The maximum Gasteiger partial charge on any atom is 0.184 e. The van der Waals surface area contributed by atoms with Crippen molar-refractivity contribution in [1.82, 2.24) is 4.98 Å². The normalized spacial score (nSPS) is 13.9. The summed E-state index contributed by atoms with van der Waals surface area (Å²) in [6, 6.07) is 0. The maximum atomic E-state index is 12.5. The summed E-state index contributed by atoms with van der Waals surface area (Å²) in [6.07, 6.45) is 0.000684. The molecule has 0 radical (unpaired) electrons. The van der Waals surface area contributed by atoms with Gasteiger partial charge < -0.3 is 10.2 Å². The highest BCUT2D eigenvalue weighted by Crippen LogP contribution is 2.33. The molecule has 2 rings (SSSR count). The second kappa shape index (κ2) is 3.88. The van der Waals surface area contributed by atoms with E-state index in [4.69, 9.17) is 11.6 Å². The molecule has 0 aliphatic rings. The van der Waals surface area contributed by atoms with Gasteiger partial charge in [-0.25, -0.2) is 13.8 Å². The summed E-state index contributed by atoms with van der Waals surface area (Å²) < 4.78 is 25.2. The van der Waals surface area contributed by atoms with Gasteiger partial charge in [0.15, 0.2) is 10.2 Å². The number of phenolic OH excluding ortho intramolecular Hbond substituents is 2. The molecule has 1 heterocycles. The molecule has 3 nitrogen and oxygen atoms in total. The number of fused-ring (bicyclic) bond motifs is 1. The molecule has 0 atom stereocenters. The summed E-state index contributed by atoms with van der Waals surface area (Å²) in [5, 5.41) is 18.4. The van der Waals surface area contributed by atoms with Gasteiger partial charge in [0.2, 0.25) is 0 Å². The molecule has 0 aliphatic carbocycles. The van der Waals surface area contributed by atoms with Gasteiger partial charge in [-0.05, 0) is 0 Å². The van der Waals surface area contributed by atoms with Crippen molar-refractivity contribution in [3.8, 4) is 11.5 Å². The quantitative estimate of drug-likeness (QED) is 0.713. The molecule has 0 saturated heterocycles. The number of benzene rings is 1. The van der Waals surface area contributed by atoms with Gasteiger partial charge in [-0.15, -0.1) is 0 Å². The van der Waals surface area contributed by atoms with Crippen LogP contribution in [0.2, 0.25) is 4.47 Å². The summed E-state index contributed by atoms with van der Waals surface area (Å²) in [6.45, 7) is 0. The Balaban J connectivity index is 3.18. The predicted octanol–water partition coefficient (Wildman–Crippen LogP) is 1.78. The fourth-order valence-electron chi connectivity index (χ4n) is 1.34. The Kier molecular flexibility index (Phi) is 2.69. The molecule has 0 amide bonds. The summed E-state index contributed by atoms with van der Waals surface area (Å²) in [7, 11) is 0. The highest BCUT2D eigenvalue weighted by molar-refractivity contribution is 7.22. The Morgan fingerprint density at radius 3 is 2.25 bits per heavy atom. The lowest BCUT2D eigenvalue weighted by molar-refractivity contribution is 0.460. The van der Waals surface area contributed by atoms with Gasteiger partial charge in [-0.1, -0.05) is 22.9 Å². The molecule has 0 bridgehead atoms. The molecule has 2 N–H and O–H groups in total. The molecule has 7 heteroatoms. The average molecular weight is 264 g/mol. The van der Waals surface area contributed by atoms with Crippen molar-refractivity contribution in [1.29, 1.82) is 0 Å². The van der Waals surface area contributed by atoms with Gasteiger partial charge in [-0.3, -0.25) is 0 Å².